The molecule has 0 aliphatic carbocycles. The highest BCUT2D eigenvalue weighted by Crippen LogP contribution is 2.28. The van der Waals surface area contributed by atoms with E-state index in [2.05, 4.69) is 5.32 Å². The molecule has 0 saturated heterocycles. The molecule has 0 aliphatic heterocycles. The zero-order valence-electron chi connectivity index (χ0n) is 20.1. The van der Waals surface area contributed by atoms with E-state index in [4.69, 9.17) is 23.2 Å². The van der Waals surface area contributed by atoms with Crippen LogP contribution < -0.4 is 5.32 Å². The number of thioether (sulfide) groups is 1. The van der Waals surface area contributed by atoms with Gasteiger partial charge in [0, 0.05) is 40.9 Å². The molecule has 3 aromatic carbocycles. The Bertz CT molecular complexity index is 1130. The van der Waals surface area contributed by atoms with Crippen LogP contribution in [-0.2, 0) is 28.3 Å². The Morgan fingerprint density at radius 2 is 1.61 bits per heavy atom. The number of hydrogen-bond donors (Lipinski definition) is 1. The highest BCUT2D eigenvalue weighted by atomic mass is 35.5. The fourth-order valence-electron chi connectivity index (χ4n) is 3.69. The predicted molar refractivity (Wildman–Crippen MR) is 147 cm³/mol. The summed E-state index contributed by atoms with van der Waals surface area (Å²) >= 11 is 14.3. The van der Waals surface area contributed by atoms with E-state index in [1.807, 2.05) is 37.3 Å². The summed E-state index contributed by atoms with van der Waals surface area (Å²) in [6, 6.07) is 20.2. The van der Waals surface area contributed by atoms with E-state index in [1.54, 1.807) is 35.2 Å². The third-order valence-corrected chi connectivity index (χ3v) is 7.31. The molecule has 0 bridgehead atoms. The monoisotopic (exact) mass is 546 g/mol. The number of nitrogens with zero attached hydrogens (tertiary/aromatic N) is 1. The van der Waals surface area contributed by atoms with Crippen LogP contribution in [0.5, 0.6) is 0 Å². The van der Waals surface area contributed by atoms with Gasteiger partial charge in [-0.1, -0.05) is 78.7 Å². The summed E-state index contributed by atoms with van der Waals surface area (Å²) in [5.74, 6) is -0.0416. The molecule has 1 N–H and O–H groups in total. The first kappa shape index (κ1) is 28.0. The molecule has 0 unspecified atom stereocenters. The number of nitrogens with one attached hydrogen (secondary N) is 1. The van der Waals surface area contributed by atoms with Gasteiger partial charge in [0.1, 0.15) is 11.9 Å². The standard InChI is InChI=1S/C28H29Cl2FN2O2S/c1-2-15-32-28(35)26(16-20-7-4-3-5-8-20)33(17-23-24(29)9-6-10-25(23)30)27(34)19-36-18-21-11-13-22(31)14-12-21/h3-14,26H,2,15-19H2,1H3,(H,32,35)/t26-/m0/s1. The number of rotatable bonds is 12. The van der Waals surface area contributed by atoms with E-state index in [9.17, 15) is 14.0 Å². The molecule has 0 saturated carbocycles. The number of carbonyl (C=O) groups excluding carboxylic acids is 2. The Labute approximate surface area is 226 Å². The van der Waals surface area contributed by atoms with Gasteiger partial charge in [-0.3, -0.25) is 9.59 Å². The summed E-state index contributed by atoms with van der Waals surface area (Å²) < 4.78 is 13.2. The predicted octanol–water partition coefficient (Wildman–Crippen LogP) is 6.53. The van der Waals surface area contributed by atoms with Crippen LogP contribution in [-0.4, -0.2) is 35.1 Å². The van der Waals surface area contributed by atoms with E-state index >= 15 is 0 Å². The highest BCUT2D eigenvalue weighted by Gasteiger charge is 2.31. The molecule has 0 aliphatic rings. The third kappa shape index (κ3) is 8.26. The van der Waals surface area contributed by atoms with Crippen LogP contribution in [0.1, 0.15) is 30.0 Å². The van der Waals surface area contributed by atoms with Crippen LogP contribution in [0.15, 0.2) is 72.8 Å². The minimum atomic E-state index is -0.745. The Morgan fingerprint density at radius 1 is 0.944 bits per heavy atom. The van der Waals surface area contributed by atoms with Crippen LogP contribution >= 0.6 is 35.0 Å². The van der Waals surface area contributed by atoms with Crippen molar-refractivity contribution in [2.24, 2.45) is 0 Å². The molecule has 4 nitrogen and oxygen atoms in total. The Morgan fingerprint density at radius 3 is 2.25 bits per heavy atom. The van der Waals surface area contributed by atoms with Gasteiger partial charge in [-0.25, -0.2) is 4.39 Å². The average molecular weight is 548 g/mol. The summed E-state index contributed by atoms with van der Waals surface area (Å²) in [7, 11) is 0. The minimum Gasteiger partial charge on any atom is -0.354 e. The number of hydrogen-bond acceptors (Lipinski definition) is 3. The Balaban J connectivity index is 1.87. The number of halogens is 3. The summed E-state index contributed by atoms with van der Waals surface area (Å²) in [5.41, 5.74) is 2.45. The molecule has 36 heavy (non-hydrogen) atoms. The van der Waals surface area contributed by atoms with Gasteiger partial charge < -0.3 is 10.2 Å². The average Bonchev–Trinajstić information content (AvgIpc) is 2.88. The lowest BCUT2D eigenvalue weighted by Crippen LogP contribution is -2.51. The molecule has 0 radical (unpaired) electrons. The van der Waals surface area contributed by atoms with Gasteiger partial charge in [0.2, 0.25) is 11.8 Å². The van der Waals surface area contributed by atoms with Crippen molar-refractivity contribution in [1.29, 1.82) is 0 Å². The minimum absolute atomic E-state index is 0.103. The summed E-state index contributed by atoms with van der Waals surface area (Å²) in [5, 5.41) is 3.82. The van der Waals surface area contributed by atoms with Gasteiger partial charge in [-0.2, -0.15) is 0 Å². The van der Waals surface area contributed by atoms with E-state index in [1.165, 1.54) is 23.9 Å². The third-order valence-electron chi connectivity index (χ3n) is 5.62. The lowest BCUT2D eigenvalue weighted by atomic mass is 10.0. The second-order valence-electron chi connectivity index (χ2n) is 8.34. The van der Waals surface area contributed by atoms with E-state index in [-0.39, 0.29) is 29.9 Å². The van der Waals surface area contributed by atoms with Crippen LogP contribution in [0.2, 0.25) is 10.0 Å². The van der Waals surface area contributed by atoms with Crippen LogP contribution in [0, 0.1) is 5.82 Å². The number of amides is 2. The van der Waals surface area contributed by atoms with Crippen LogP contribution in [0.25, 0.3) is 0 Å². The zero-order chi connectivity index (χ0) is 25.9. The van der Waals surface area contributed by atoms with Crippen molar-refractivity contribution in [1.82, 2.24) is 10.2 Å². The van der Waals surface area contributed by atoms with Crippen molar-refractivity contribution in [3.8, 4) is 0 Å². The van der Waals surface area contributed by atoms with Gasteiger partial charge in [0.05, 0.1) is 5.75 Å². The number of carbonyl (C=O) groups is 2. The maximum Gasteiger partial charge on any atom is 0.243 e. The SMILES string of the molecule is CCCNC(=O)[C@H](Cc1ccccc1)N(Cc1c(Cl)cccc1Cl)C(=O)CSCc1ccc(F)cc1. The molecule has 1 atom stereocenters. The van der Waals surface area contributed by atoms with Crippen molar-refractivity contribution in [3.05, 3.63) is 105 Å². The van der Waals surface area contributed by atoms with Gasteiger partial charge >= 0.3 is 0 Å². The number of benzene rings is 3. The highest BCUT2D eigenvalue weighted by molar-refractivity contribution is 7.99. The first-order chi connectivity index (χ1) is 17.4. The van der Waals surface area contributed by atoms with E-state index in [0.717, 1.165) is 17.5 Å². The quantitative estimate of drug-likeness (QED) is 0.281. The van der Waals surface area contributed by atoms with Gasteiger partial charge in [0.15, 0.2) is 0 Å². The summed E-state index contributed by atoms with van der Waals surface area (Å²) in [6.07, 6.45) is 1.13. The maximum atomic E-state index is 13.6. The topological polar surface area (TPSA) is 49.4 Å². The smallest absolute Gasteiger partial charge is 0.243 e. The van der Waals surface area contributed by atoms with Crippen molar-refractivity contribution in [2.45, 2.75) is 38.1 Å². The second kappa shape index (κ2) is 14.3. The van der Waals surface area contributed by atoms with Crippen LogP contribution in [0.4, 0.5) is 4.39 Å². The van der Waals surface area contributed by atoms with Gasteiger partial charge in [0.25, 0.3) is 0 Å². The molecule has 3 aromatic rings. The van der Waals surface area contributed by atoms with Crippen molar-refractivity contribution in [2.75, 3.05) is 12.3 Å². The van der Waals surface area contributed by atoms with E-state index < -0.39 is 6.04 Å². The zero-order valence-corrected chi connectivity index (χ0v) is 22.4. The van der Waals surface area contributed by atoms with Gasteiger partial charge in [-0.15, -0.1) is 11.8 Å². The van der Waals surface area contributed by atoms with E-state index in [0.29, 0.717) is 34.3 Å². The molecule has 8 heteroatoms. The fourth-order valence-corrected chi connectivity index (χ4v) is 5.08. The maximum absolute atomic E-state index is 13.6. The van der Waals surface area contributed by atoms with Gasteiger partial charge in [-0.05, 0) is 41.8 Å². The molecular formula is C28H29Cl2FN2O2S. The van der Waals surface area contributed by atoms with Crippen molar-refractivity contribution in [3.63, 3.8) is 0 Å². The largest absolute Gasteiger partial charge is 0.354 e. The lowest BCUT2D eigenvalue weighted by Gasteiger charge is -2.32. The van der Waals surface area contributed by atoms with Crippen LogP contribution in [0.3, 0.4) is 0 Å². The molecule has 3 rings (SSSR count). The lowest BCUT2D eigenvalue weighted by molar-refractivity contribution is -0.139. The molecule has 0 spiro atoms. The Hall–Kier alpha value is -2.54. The molecule has 0 fully saturated rings. The van der Waals surface area contributed by atoms with Crippen molar-refractivity contribution < 1.29 is 14.0 Å². The molecule has 0 aromatic heterocycles. The summed E-state index contributed by atoms with van der Waals surface area (Å²) in [6.45, 7) is 2.59. The summed E-state index contributed by atoms with van der Waals surface area (Å²) in [4.78, 5) is 28.5. The first-order valence-electron chi connectivity index (χ1n) is 11.7. The Kier molecular flexibility index (Phi) is 11.1. The molecular weight excluding hydrogens is 518 g/mol. The fraction of sp³-hybridized carbons (Fsp3) is 0.286. The van der Waals surface area contributed by atoms with Crippen molar-refractivity contribution >= 4 is 46.8 Å². The molecule has 2 amide bonds. The normalized spacial score (nSPS) is 11.7. The second-order valence-corrected chi connectivity index (χ2v) is 10.1. The molecule has 190 valence electrons. The first-order valence-corrected chi connectivity index (χ1v) is 13.7. The molecule has 0 heterocycles.